The van der Waals surface area contributed by atoms with Crippen LogP contribution in [0.5, 0.6) is 0 Å². The van der Waals surface area contributed by atoms with Gasteiger partial charge in [0.05, 0.1) is 0 Å². The lowest BCUT2D eigenvalue weighted by atomic mass is 10.2. The second kappa shape index (κ2) is 2.85. The predicted octanol–water partition coefficient (Wildman–Crippen LogP) is 1.84. The predicted molar refractivity (Wildman–Crippen MR) is 44.4 cm³/mol. The standard InChI is InChI=1S/C8H5F3N2O2/c1-3-2-4(14)5-6(8(9,10)11)13-15-7(5)12-3/h2H,1H3,(H,12,14). The van der Waals surface area contributed by atoms with E-state index in [2.05, 4.69) is 14.7 Å². The number of rotatable bonds is 0. The minimum absolute atomic E-state index is 0.257. The zero-order valence-corrected chi connectivity index (χ0v) is 7.47. The summed E-state index contributed by atoms with van der Waals surface area (Å²) in [6, 6.07) is 1.06. The number of nitrogens with one attached hydrogen (secondary N) is 1. The molecule has 0 aliphatic rings. The number of H-pyrrole nitrogens is 1. The maximum atomic E-state index is 12.4. The lowest BCUT2D eigenvalue weighted by Crippen LogP contribution is -2.11. The minimum atomic E-state index is -4.69. The van der Waals surface area contributed by atoms with Crippen LogP contribution >= 0.6 is 0 Å². The van der Waals surface area contributed by atoms with Gasteiger partial charge in [-0.2, -0.15) is 13.2 Å². The lowest BCUT2D eigenvalue weighted by molar-refractivity contribution is -0.141. The molecule has 0 spiro atoms. The first-order valence-electron chi connectivity index (χ1n) is 3.96. The average molecular weight is 218 g/mol. The van der Waals surface area contributed by atoms with Gasteiger partial charge in [0.25, 0.3) is 0 Å². The monoisotopic (exact) mass is 218 g/mol. The van der Waals surface area contributed by atoms with Crippen molar-refractivity contribution >= 4 is 11.1 Å². The normalized spacial score (nSPS) is 12.3. The van der Waals surface area contributed by atoms with Gasteiger partial charge in [-0.25, -0.2) is 0 Å². The molecule has 0 aliphatic heterocycles. The fourth-order valence-corrected chi connectivity index (χ4v) is 1.28. The van der Waals surface area contributed by atoms with Crippen molar-refractivity contribution in [3.63, 3.8) is 0 Å². The van der Waals surface area contributed by atoms with Crippen LogP contribution < -0.4 is 5.43 Å². The number of nitrogens with zero attached hydrogens (tertiary/aromatic N) is 1. The Hall–Kier alpha value is -1.79. The van der Waals surface area contributed by atoms with Crippen LogP contribution in [0.4, 0.5) is 13.2 Å². The van der Waals surface area contributed by atoms with Crippen molar-refractivity contribution in [2.24, 2.45) is 0 Å². The third-order valence-electron chi connectivity index (χ3n) is 1.87. The molecule has 0 amide bonds. The molecule has 7 heteroatoms. The highest BCUT2D eigenvalue weighted by Gasteiger charge is 2.38. The Balaban J connectivity index is 2.87. The molecule has 0 bridgehead atoms. The Kier molecular flexibility index (Phi) is 1.85. The first kappa shape index (κ1) is 9.75. The number of aryl methyl sites for hydroxylation is 1. The van der Waals surface area contributed by atoms with Crippen LogP contribution in [0.2, 0.25) is 0 Å². The maximum Gasteiger partial charge on any atom is 0.437 e. The summed E-state index contributed by atoms with van der Waals surface area (Å²) in [6.07, 6.45) is -4.69. The maximum absolute atomic E-state index is 12.4. The molecule has 2 heterocycles. The van der Waals surface area contributed by atoms with E-state index >= 15 is 0 Å². The first-order valence-corrected chi connectivity index (χ1v) is 3.96. The van der Waals surface area contributed by atoms with E-state index in [1.54, 1.807) is 0 Å². The molecular weight excluding hydrogens is 213 g/mol. The van der Waals surface area contributed by atoms with Crippen LogP contribution in [0, 0.1) is 6.92 Å². The summed E-state index contributed by atoms with van der Waals surface area (Å²) >= 11 is 0. The van der Waals surface area contributed by atoms with Crippen molar-refractivity contribution < 1.29 is 17.7 Å². The molecule has 1 N–H and O–H groups in total. The first-order chi connectivity index (χ1) is 6.89. The topological polar surface area (TPSA) is 58.9 Å². The summed E-state index contributed by atoms with van der Waals surface area (Å²) in [5.74, 6) is 0. The summed E-state index contributed by atoms with van der Waals surface area (Å²) in [5.41, 5.74) is -1.89. The van der Waals surface area contributed by atoms with Gasteiger partial charge in [0.15, 0.2) is 5.43 Å². The Morgan fingerprint density at radius 1 is 1.47 bits per heavy atom. The number of hydrogen-bond donors (Lipinski definition) is 1. The van der Waals surface area contributed by atoms with Gasteiger partial charge in [0, 0.05) is 11.8 Å². The highest BCUT2D eigenvalue weighted by atomic mass is 19.4. The van der Waals surface area contributed by atoms with Crippen LogP contribution in [0.1, 0.15) is 11.4 Å². The fourth-order valence-electron chi connectivity index (χ4n) is 1.28. The molecule has 0 aromatic carbocycles. The number of fused-ring (bicyclic) bond motifs is 1. The molecule has 0 unspecified atom stereocenters. The highest BCUT2D eigenvalue weighted by molar-refractivity contribution is 5.76. The van der Waals surface area contributed by atoms with Crippen molar-refractivity contribution in [3.05, 3.63) is 27.7 Å². The van der Waals surface area contributed by atoms with Crippen LogP contribution in [-0.2, 0) is 6.18 Å². The molecule has 0 fully saturated rings. The number of aromatic nitrogens is 2. The van der Waals surface area contributed by atoms with Crippen molar-refractivity contribution in [1.29, 1.82) is 0 Å². The number of hydrogen-bond acceptors (Lipinski definition) is 3. The van der Waals surface area contributed by atoms with Gasteiger partial charge in [0.1, 0.15) is 5.39 Å². The van der Waals surface area contributed by atoms with Crippen LogP contribution in [-0.4, -0.2) is 10.1 Å². The highest BCUT2D eigenvalue weighted by Crippen LogP contribution is 2.31. The molecule has 0 aliphatic carbocycles. The lowest BCUT2D eigenvalue weighted by Gasteiger charge is -1.99. The third-order valence-corrected chi connectivity index (χ3v) is 1.87. The van der Waals surface area contributed by atoms with Gasteiger partial charge in [-0.15, -0.1) is 0 Å². The fraction of sp³-hybridized carbons (Fsp3) is 0.250. The Morgan fingerprint density at radius 2 is 2.13 bits per heavy atom. The summed E-state index contributed by atoms with van der Waals surface area (Å²) in [7, 11) is 0. The zero-order chi connectivity index (χ0) is 11.2. The summed E-state index contributed by atoms with van der Waals surface area (Å²) in [6.45, 7) is 1.54. The summed E-state index contributed by atoms with van der Waals surface area (Å²) in [4.78, 5) is 13.8. The van der Waals surface area contributed by atoms with E-state index in [1.807, 2.05) is 0 Å². The smallest absolute Gasteiger partial charge is 0.337 e. The quantitative estimate of drug-likeness (QED) is 0.733. The molecule has 0 saturated carbocycles. The molecule has 15 heavy (non-hydrogen) atoms. The average Bonchev–Trinajstić information content (AvgIpc) is 2.45. The van der Waals surface area contributed by atoms with Crippen molar-refractivity contribution in [2.75, 3.05) is 0 Å². The summed E-state index contributed by atoms with van der Waals surface area (Å²) < 4.78 is 41.5. The number of aromatic amines is 1. The van der Waals surface area contributed by atoms with E-state index in [9.17, 15) is 18.0 Å². The molecule has 4 nitrogen and oxygen atoms in total. The molecule has 0 atom stereocenters. The molecular formula is C8H5F3N2O2. The molecule has 2 aromatic rings. The number of pyridine rings is 1. The van der Waals surface area contributed by atoms with E-state index < -0.39 is 22.7 Å². The van der Waals surface area contributed by atoms with Gasteiger partial charge in [-0.3, -0.25) is 4.79 Å². The van der Waals surface area contributed by atoms with Crippen LogP contribution in [0.3, 0.4) is 0 Å². The van der Waals surface area contributed by atoms with E-state index in [0.717, 1.165) is 6.07 Å². The number of alkyl halides is 3. The molecule has 80 valence electrons. The van der Waals surface area contributed by atoms with Gasteiger partial charge >= 0.3 is 6.18 Å². The van der Waals surface area contributed by atoms with Crippen molar-refractivity contribution in [3.8, 4) is 0 Å². The largest absolute Gasteiger partial charge is 0.437 e. The Morgan fingerprint density at radius 3 is 2.73 bits per heavy atom. The van der Waals surface area contributed by atoms with Gasteiger partial charge < -0.3 is 9.51 Å². The SMILES string of the molecule is Cc1cc(=O)c2c(C(F)(F)F)noc2[nH]1. The van der Waals surface area contributed by atoms with Crippen LogP contribution in [0.15, 0.2) is 15.4 Å². The number of halogens is 3. The van der Waals surface area contributed by atoms with E-state index in [0.29, 0.717) is 5.69 Å². The molecule has 0 saturated heterocycles. The summed E-state index contributed by atoms with van der Waals surface area (Å²) in [5, 5.41) is 2.28. The van der Waals surface area contributed by atoms with E-state index in [4.69, 9.17) is 0 Å². The molecule has 2 rings (SSSR count). The Labute approximate surface area is 80.7 Å². The van der Waals surface area contributed by atoms with E-state index in [-0.39, 0.29) is 5.71 Å². The Bertz CT molecular complexity index is 567. The molecule has 2 aromatic heterocycles. The second-order valence-corrected chi connectivity index (χ2v) is 3.05. The molecule has 0 radical (unpaired) electrons. The minimum Gasteiger partial charge on any atom is -0.337 e. The van der Waals surface area contributed by atoms with Gasteiger partial charge in [0.2, 0.25) is 11.4 Å². The third kappa shape index (κ3) is 1.49. The van der Waals surface area contributed by atoms with Crippen LogP contribution in [0.25, 0.3) is 11.1 Å². The van der Waals surface area contributed by atoms with E-state index in [1.165, 1.54) is 6.92 Å². The second-order valence-electron chi connectivity index (χ2n) is 3.05. The zero-order valence-electron chi connectivity index (χ0n) is 7.47. The van der Waals surface area contributed by atoms with Crippen molar-refractivity contribution in [2.45, 2.75) is 13.1 Å². The van der Waals surface area contributed by atoms with Gasteiger partial charge in [-0.1, -0.05) is 5.16 Å². The van der Waals surface area contributed by atoms with Crippen molar-refractivity contribution in [1.82, 2.24) is 10.1 Å². The van der Waals surface area contributed by atoms with Gasteiger partial charge in [-0.05, 0) is 6.92 Å².